The van der Waals surface area contributed by atoms with Crippen LogP contribution < -0.4 is 0 Å². The minimum Gasteiger partial charge on any atom is -0.393 e. The molecule has 0 radical (unpaired) electrons. The van der Waals surface area contributed by atoms with E-state index in [0.29, 0.717) is 19.3 Å². The second kappa shape index (κ2) is 3.67. The van der Waals surface area contributed by atoms with Gasteiger partial charge in [0.25, 0.3) is 0 Å². The Labute approximate surface area is 81.0 Å². The van der Waals surface area contributed by atoms with E-state index < -0.39 is 11.9 Å². The van der Waals surface area contributed by atoms with Crippen LogP contribution in [0.25, 0.3) is 0 Å². The molecule has 0 amide bonds. The highest BCUT2D eigenvalue weighted by atomic mass is 16.6. The lowest BCUT2D eigenvalue weighted by Crippen LogP contribution is -2.31. The molecule has 1 saturated carbocycles. The van der Waals surface area contributed by atoms with Crippen LogP contribution in [0.15, 0.2) is 0 Å². The standard InChI is InChI=1S/C9H12O5/c10-4-13-5-1-2-6-7(3-5)9(12)14-8(6)11/h5-7,10H,1-4H2. The molecule has 1 heterocycles. The van der Waals surface area contributed by atoms with Crippen LogP contribution in [0.5, 0.6) is 0 Å². The lowest BCUT2D eigenvalue weighted by Gasteiger charge is -2.26. The Kier molecular flexibility index (Phi) is 2.52. The maximum Gasteiger partial charge on any atom is 0.317 e. The first kappa shape index (κ1) is 9.61. The summed E-state index contributed by atoms with van der Waals surface area (Å²) in [7, 11) is 0. The minimum atomic E-state index is -0.439. The number of cyclic esters (lactones) is 2. The SMILES string of the molecule is O=C1OC(=O)C2CC(OCO)CCC12. The van der Waals surface area contributed by atoms with E-state index in [1.807, 2.05) is 0 Å². The van der Waals surface area contributed by atoms with Gasteiger partial charge in [0.15, 0.2) is 0 Å². The molecule has 1 N–H and O–H groups in total. The number of hydrogen-bond donors (Lipinski definition) is 1. The summed E-state index contributed by atoms with van der Waals surface area (Å²) in [6.07, 6.45) is 1.67. The summed E-state index contributed by atoms with van der Waals surface area (Å²) in [5.74, 6) is -1.47. The Morgan fingerprint density at radius 2 is 2.00 bits per heavy atom. The van der Waals surface area contributed by atoms with Gasteiger partial charge in [0, 0.05) is 0 Å². The van der Waals surface area contributed by atoms with Crippen molar-refractivity contribution in [1.82, 2.24) is 0 Å². The zero-order valence-corrected chi connectivity index (χ0v) is 7.64. The highest BCUT2D eigenvalue weighted by molar-refractivity contribution is 5.96. The Bertz CT molecular complexity index is 262. The minimum absolute atomic E-state index is 0.125. The maximum atomic E-state index is 11.2. The molecular weight excluding hydrogens is 188 g/mol. The number of fused-ring (bicyclic) bond motifs is 1. The summed E-state index contributed by atoms with van der Waals surface area (Å²) in [5.41, 5.74) is 0. The Hall–Kier alpha value is -0.940. The number of carbonyl (C=O) groups is 2. The van der Waals surface area contributed by atoms with Crippen molar-refractivity contribution in [2.24, 2.45) is 11.8 Å². The van der Waals surface area contributed by atoms with Crippen molar-refractivity contribution in [2.75, 3.05) is 6.79 Å². The largest absolute Gasteiger partial charge is 0.393 e. The molecule has 0 aromatic rings. The molecule has 2 aliphatic rings. The Balaban J connectivity index is 2.02. The first-order valence-electron chi connectivity index (χ1n) is 4.70. The van der Waals surface area contributed by atoms with Crippen LogP contribution in [0.1, 0.15) is 19.3 Å². The fourth-order valence-corrected chi connectivity index (χ4v) is 2.18. The second-order valence-corrected chi connectivity index (χ2v) is 3.68. The monoisotopic (exact) mass is 200 g/mol. The molecule has 3 unspecified atom stereocenters. The third-order valence-electron chi connectivity index (χ3n) is 2.92. The van der Waals surface area contributed by atoms with Gasteiger partial charge in [0.05, 0.1) is 17.9 Å². The number of aliphatic hydroxyl groups is 1. The smallest absolute Gasteiger partial charge is 0.317 e. The predicted molar refractivity (Wildman–Crippen MR) is 43.9 cm³/mol. The fraction of sp³-hybridized carbons (Fsp3) is 0.778. The number of aliphatic hydroxyl groups excluding tert-OH is 1. The van der Waals surface area contributed by atoms with Gasteiger partial charge in [-0.05, 0) is 19.3 Å². The predicted octanol–water partition coefficient (Wildman–Crippen LogP) is -0.179. The topological polar surface area (TPSA) is 72.8 Å². The molecule has 5 nitrogen and oxygen atoms in total. The second-order valence-electron chi connectivity index (χ2n) is 3.68. The highest BCUT2D eigenvalue weighted by Gasteiger charge is 2.47. The Morgan fingerprint density at radius 1 is 1.29 bits per heavy atom. The van der Waals surface area contributed by atoms with E-state index in [1.54, 1.807) is 0 Å². The zero-order chi connectivity index (χ0) is 10.1. The first-order valence-corrected chi connectivity index (χ1v) is 4.70. The van der Waals surface area contributed by atoms with Crippen LogP contribution in [-0.2, 0) is 19.1 Å². The molecule has 2 rings (SSSR count). The molecule has 1 aliphatic carbocycles. The highest BCUT2D eigenvalue weighted by Crippen LogP contribution is 2.37. The summed E-state index contributed by atoms with van der Waals surface area (Å²) in [6, 6.07) is 0. The number of esters is 2. The lowest BCUT2D eigenvalue weighted by atomic mass is 9.79. The van der Waals surface area contributed by atoms with Gasteiger partial charge in [0.2, 0.25) is 0 Å². The van der Waals surface area contributed by atoms with Crippen molar-refractivity contribution in [3.8, 4) is 0 Å². The Morgan fingerprint density at radius 3 is 2.71 bits per heavy atom. The van der Waals surface area contributed by atoms with E-state index in [4.69, 9.17) is 9.84 Å². The van der Waals surface area contributed by atoms with Gasteiger partial charge in [-0.2, -0.15) is 0 Å². The summed E-state index contributed by atoms with van der Waals surface area (Å²) >= 11 is 0. The average Bonchev–Trinajstić information content (AvgIpc) is 2.43. The summed E-state index contributed by atoms with van der Waals surface area (Å²) in [4.78, 5) is 22.4. The van der Waals surface area contributed by atoms with Crippen molar-refractivity contribution < 1.29 is 24.2 Å². The summed E-state index contributed by atoms with van der Waals surface area (Å²) in [5, 5.41) is 8.57. The lowest BCUT2D eigenvalue weighted by molar-refractivity contribution is -0.153. The third kappa shape index (κ3) is 1.53. The molecule has 0 aromatic heterocycles. The average molecular weight is 200 g/mol. The van der Waals surface area contributed by atoms with Gasteiger partial charge >= 0.3 is 11.9 Å². The molecular formula is C9H12O5. The van der Waals surface area contributed by atoms with Gasteiger partial charge in [-0.1, -0.05) is 0 Å². The van der Waals surface area contributed by atoms with Crippen LogP contribution in [0.2, 0.25) is 0 Å². The number of carbonyl (C=O) groups excluding carboxylic acids is 2. The van der Waals surface area contributed by atoms with Crippen molar-refractivity contribution in [1.29, 1.82) is 0 Å². The molecule has 1 saturated heterocycles. The molecule has 0 aromatic carbocycles. The van der Waals surface area contributed by atoms with Gasteiger partial charge in [0.1, 0.15) is 6.79 Å². The van der Waals surface area contributed by atoms with Crippen LogP contribution in [0.4, 0.5) is 0 Å². The van der Waals surface area contributed by atoms with E-state index in [1.165, 1.54) is 0 Å². The fourth-order valence-electron chi connectivity index (χ4n) is 2.18. The van der Waals surface area contributed by atoms with E-state index in [-0.39, 0.29) is 24.7 Å². The van der Waals surface area contributed by atoms with Crippen molar-refractivity contribution in [2.45, 2.75) is 25.4 Å². The molecule has 78 valence electrons. The third-order valence-corrected chi connectivity index (χ3v) is 2.92. The molecule has 14 heavy (non-hydrogen) atoms. The van der Waals surface area contributed by atoms with Gasteiger partial charge in [-0.25, -0.2) is 0 Å². The normalized spacial score (nSPS) is 36.8. The van der Waals surface area contributed by atoms with Crippen molar-refractivity contribution >= 4 is 11.9 Å². The van der Waals surface area contributed by atoms with Gasteiger partial charge < -0.3 is 14.6 Å². The van der Waals surface area contributed by atoms with E-state index >= 15 is 0 Å². The van der Waals surface area contributed by atoms with Crippen LogP contribution >= 0.6 is 0 Å². The summed E-state index contributed by atoms with van der Waals surface area (Å²) in [6.45, 7) is -0.342. The molecule has 0 bridgehead atoms. The van der Waals surface area contributed by atoms with Gasteiger partial charge in [-0.3, -0.25) is 9.59 Å². The number of hydrogen-bond acceptors (Lipinski definition) is 5. The van der Waals surface area contributed by atoms with Crippen LogP contribution in [0, 0.1) is 11.8 Å². The molecule has 0 spiro atoms. The molecule has 2 fully saturated rings. The van der Waals surface area contributed by atoms with Crippen LogP contribution in [0.3, 0.4) is 0 Å². The number of rotatable bonds is 2. The van der Waals surface area contributed by atoms with Crippen molar-refractivity contribution in [3.05, 3.63) is 0 Å². The quantitative estimate of drug-likeness (QED) is 0.380. The van der Waals surface area contributed by atoms with E-state index in [0.717, 1.165) is 0 Å². The van der Waals surface area contributed by atoms with E-state index in [9.17, 15) is 9.59 Å². The summed E-state index contributed by atoms with van der Waals surface area (Å²) < 4.78 is 9.55. The molecule has 1 aliphatic heterocycles. The first-order chi connectivity index (χ1) is 6.72. The molecule has 5 heteroatoms. The maximum absolute atomic E-state index is 11.2. The zero-order valence-electron chi connectivity index (χ0n) is 7.64. The van der Waals surface area contributed by atoms with Gasteiger partial charge in [-0.15, -0.1) is 0 Å². The van der Waals surface area contributed by atoms with Crippen LogP contribution in [-0.4, -0.2) is 29.9 Å². The van der Waals surface area contributed by atoms with E-state index in [2.05, 4.69) is 4.74 Å². The van der Waals surface area contributed by atoms with Crippen molar-refractivity contribution in [3.63, 3.8) is 0 Å². The molecule has 3 atom stereocenters. The number of ether oxygens (including phenoxy) is 2.